The number of nitrogens with zero attached hydrogens (tertiary/aromatic N) is 1. The number of benzene rings is 1. The van der Waals surface area contributed by atoms with Gasteiger partial charge in [-0.25, -0.2) is 0 Å². The molecule has 0 radical (unpaired) electrons. The van der Waals surface area contributed by atoms with Crippen LogP contribution in [0, 0.1) is 6.92 Å². The van der Waals surface area contributed by atoms with Gasteiger partial charge in [0.05, 0.1) is 17.2 Å². The number of nitrogens with two attached hydrogens (primary N) is 1. The van der Waals surface area contributed by atoms with E-state index in [1.165, 1.54) is 11.0 Å². The summed E-state index contributed by atoms with van der Waals surface area (Å²) < 4.78 is 5.51. The molecule has 0 fully saturated rings. The minimum atomic E-state index is -0.447. The number of amides is 2. The third kappa shape index (κ3) is 1.71. The fraction of sp³-hybridized carbons (Fsp3) is 0.200. The van der Waals surface area contributed by atoms with Crippen LogP contribution in [0.25, 0.3) is 0 Å². The first-order valence-corrected chi connectivity index (χ1v) is 6.33. The molecule has 1 aromatic heterocycles. The van der Waals surface area contributed by atoms with E-state index in [1.54, 1.807) is 25.1 Å². The van der Waals surface area contributed by atoms with Crippen LogP contribution in [0.15, 0.2) is 34.7 Å². The first-order valence-electron chi connectivity index (χ1n) is 6.33. The summed E-state index contributed by atoms with van der Waals surface area (Å²) in [5, 5.41) is 0. The number of carbonyl (C=O) groups is 2. The van der Waals surface area contributed by atoms with Gasteiger partial charge in [-0.2, -0.15) is 0 Å². The van der Waals surface area contributed by atoms with Gasteiger partial charge in [0.2, 0.25) is 0 Å². The molecule has 2 amide bonds. The molecule has 1 atom stereocenters. The Hall–Kier alpha value is -2.56. The molecule has 1 aromatic carbocycles. The quantitative estimate of drug-likeness (QED) is 0.672. The van der Waals surface area contributed by atoms with Gasteiger partial charge < -0.3 is 10.2 Å². The van der Waals surface area contributed by atoms with E-state index < -0.39 is 6.04 Å². The zero-order valence-electron chi connectivity index (χ0n) is 11.2. The third-order valence-corrected chi connectivity index (χ3v) is 3.50. The normalized spacial score (nSPS) is 15.6. The Balaban J connectivity index is 2.01. The largest absolute Gasteiger partial charge is 0.464 e. The van der Waals surface area contributed by atoms with Crippen molar-refractivity contribution < 1.29 is 14.0 Å². The molecule has 0 bridgehead atoms. The highest BCUT2D eigenvalue weighted by molar-refractivity contribution is 6.21. The summed E-state index contributed by atoms with van der Waals surface area (Å²) in [5.74, 6) is 0.683. The van der Waals surface area contributed by atoms with E-state index in [0.29, 0.717) is 22.6 Å². The van der Waals surface area contributed by atoms with E-state index in [4.69, 9.17) is 10.2 Å². The molecule has 1 aliphatic rings. The second kappa shape index (κ2) is 4.23. The van der Waals surface area contributed by atoms with Gasteiger partial charge in [-0.3, -0.25) is 14.5 Å². The second-order valence-corrected chi connectivity index (χ2v) is 4.91. The van der Waals surface area contributed by atoms with Gasteiger partial charge in [-0.15, -0.1) is 0 Å². The number of imide groups is 1. The molecule has 1 unspecified atom stereocenters. The number of rotatable bonds is 2. The minimum Gasteiger partial charge on any atom is -0.464 e. The van der Waals surface area contributed by atoms with Crippen LogP contribution in [0.2, 0.25) is 0 Å². The van der Waals surface area contributed by atoms with Crippen LogP contribution in [0.4, 0.5) is 5.69 Å². The molecule has 0 aliphatic carbocycles. The van der Waals surface area contributed by atoms with Crippen LogP contribution >= 0.6 is 0 Å². The summed E-state index contributed by atoms with van der Waals surface area (Å²) in [4.78, 5) is 26.0. The van der Waals surface area contributed by atoms with E-state index in [1.807, 2.05) is 13.0 Å². The number of hydrogen-bond acceptors (Lipinski definition) is 4. The highest BCUT2D eigenvalue weighted by Crippen LogP contribution is 2.32. The van der Waals surface area contributed by atoms with Crippen molar-refractivity contribution in [3.63, 3.8) is 0 Å². The van der Waals surface area contributed by atoms with Gasteiger partial charge >= 0.3 is 0 Å². The topological polar surface area (TPSA) is 76.5 Å². The van der Waals surface area contributed by atoms with Crippen molar-refractivity contribution in [2.75, 3.05) is 5.73 Å². The van der Waals surface area contributed by atoms with Crippen molar-refractivity contribution in [2.24, 2.45) is 0 Å². The standard InChI is InChI=1S/C15H14N2O3/c1-8-3-6-13(20-8)9(2)17-14(18)11-5-4-10(16)7-12(11)15(17)19/h3-7,9H,16H2,1-2H3. The number of carbonyl (C=O) groups excluding carboxylic acids is 2. The summed E-state index contributed by atoms with van der Waals surface area (Å²) in [7, 11) is 0. The van der Waals surface area contributed by atoms with Gasteiger partial charge in [0, 0.05) is 5.69 Å². The average molecular weight is 270 g/mol. The van der Waals surface area contributed by atoms with Gasteiger partial charge in [-0.05, 0) is 44.2 Å². The number of anilines is 1. The van der Waals surface area contributed by atoms with Gasteiger partial charge in [0.25, 0.3) is 11.8 Å². The van der Waals surface area contributed by atoms with E-state index in [9.17, 15) is 9.59 Å². The average Bonchev–Trinajstić information content (AvgIpc) is 2.93. The lowest BCUT2D eigenvalue weighted by molar-refractivity contribution is 0.0577. The molecule has 2 N–H and O–H groups in total. The van der Waals surface area contributed by atoms with Crippen LogP contribution in [0.1, 0.15) is 45.2 Å². The maximum Gasteiger partial charge on any atom is 0.262 e. The highest BCUT2D eigenvalue weighted by atomic mass is 16.3. The molecule has 0 saturated heterocycles. The van der Waals surface area contributed by atoms with Crippen molar-refractivity contribution in [1.82, 2.24) is 4.90 Å². The maximum absolute atomic E-state index is 12.4. The monoisotopic (exact) mass is 270 g/mol. The fourth-order valence-electron chi connectivity index (χ4n) is 2.43. The molecule has 20 heavy (non-hydrogen) atoms. The molecule has 0 spiro atoms. The van der Waals surface area contributed by atoms with Gasteiger partial charge in [0.1, 0.15) is 11.5 Å². The molecule has 3 rings (SSSR count). The molecule has 5 nitrogen and oxygen atoms in total. The van der Waals surface area contributed by atoms with Gasteiger partial charge in [0.15, 0.2) is 0 Å². The smallest absolute Gasteiger partial charge is 0.262 e. The SMILES string of the molecule is Cc1ccc(C(C)N2C(=O)c3ccc(N)cc3C2=O)o1. The van der Waals surface area contributed by atoms with E-state index in [-0.39, 0.29) is 11.8 Å². The van der Waals surface area contributed by atoms with Crippen molar-refractivity contribution in [3.05, 3.63) is 53.0 Å². The molecule has 2 aromatic rings. The van der Waals surface area contributed by atoms with Crippen molar-refractivity contribution in [3.8, 4) is 0 Å². The van der Waals surface area contributed by atoms with E-state index in [0.717, 1.165) is 5.76 Å². The van der Waals surface area contributed by atoms with Crippen molar-refractivity contribution >= 4 is 17.5 Å². The predicted molar refractivity (Wildman–Crippen MR) is 73.2 cm³/mol. The Morgan fingerprint density at radius 3 is 2.45 bits per heavy atom. The predicted octanol–water partition coefficient (Wildman–Crippen LogP) is 2.53. The number of fused-ring (bicyclic) bond motifs is 1. The lowest BCUT2D eigenvalue weighted by atomic mass is 10.1. The summed E-state index contributed by atoms with van der Waals surface area (Å²) in [6.07, 6.45) is 0. The first kappa shape index (κ1) is 12.5. The Kier molecular flexibility index (Phi) is 2.64. The van der Waals surface area contributed by atoms with Crippen LogP contribution < -0.4 is 5.73 Å². The van der Waals surface area contributed by atoms with Crippen LogP contribution in [-0.4, -0.2) is 16.7 Å². The zero-order valence-corrected chi connectivity index (χ0v) is 11.2. The molecule has 0 saturated carbocycles. The molecular formula is C15H14N2O3. The van der Waals surface area contributed by atoms with Crippen LogP contribution in [-0.2, 0) is 0 Å². The van der Waals surface area contributed by atoms with Crippen LogP contribution in [0.5, 0.6) is 0 Å². The number of furan rings is 1. The Bertz CT molecular complexity index is 718. The number of nitrogen functional groups attached to an aromatic ring is 1. The Labute approximate surface area is 116 Å². The molecule has 1 aliphatic heterocycles. The summed E-state index contributed by atoms with van der Waals surface area (Å²) >= 11 is 0. The number of aryl methyl sites for hydroxylation is 1. The summed E-state index contributed by atoms with van der Waals surface area (Å²) in [6.45, 7) is 3.59. The van der Waals surface area contributed by atoms with Gasteiger partial charge in [-0.1, -0.05) is 0 Å². The second-order valence-electron chi connectivity index (χ2n) is 4.91. The van der Waals surface area contributed by atoms with Crippen LogP contribution in [0.3, 0.4) is 0 Å². The third-order valence-electron chi connectivity index (χ3n) is 3.50. The van der Waals surface area contributed by atoms with E-state index >= 15 is 0 Å². The fourth-order valence-corrected chi connectivity index (χ4v) is 2.43. The summed E-state index contributed by atoms with van der Waals surface area (Å²) in [6, 6.07) is 7.88. The molecule has 2 heterocycles. The number of hydrogen-bond donors (Lipinski definition) is 1. The van der Waals surface area contributed by atoms with E-state index in [2.05, 4.69) is 0 Å². The minimum absolute atomic E-state index is 0.313. The molecule has 5 heteroatoms. The molecule has 102 valence electrons. The highest BCUT2D eigenvalue weighted by Gasteiger charge is 2.39. The van der Waals surface area contributed by atoms with Crippen molar-refractivity contribution in [1.29, 1.82) is 0 Å². The Morgan fingerprint density at radius 1 is 1.10 bits per heavy atom. The maximum atomic E-state index is 12.4. The first-order chi connectivity index (χ1) is 9.49. The Morgan fingerprint density at radius 2 is 1.80 bits per heavy atom. The van der Waals surface area contributed by atoms with Crippen molar-refractivity contribution in [2.45, 2.75) is 19.9 Å². The molecular weight excluding hydrogens is 256 g/mol. The zero-order chi connectivity index (χ0) is 14.4. The lowest BCUT2D eigenvalue weighted by Crippen LogP contribution is -2.32. The summed E-state index contributed by atoms with van der Waals surface area (Å²) in [5.41, 5.74) is 6.88. The lowest BCUT2D eigenvalue weighted by Gasteiger charge is -2.20.